The fourth-order valence-corrected chi connectivity index (χ4v) is 1.53. The summed E-state index contributed by atoms with van der Waals surface area (Å²) in [5.74, 6) is -2.35. The summed E-state index contributed by atoms with van der Waals surface area (Å²) in [7, 11) is 0. The van der Waals surface area contributed by atoms with E-state index < -0.39 is 17.5 Å². The fourth-order valence-electron chi connectivity index (χ4n) is 1.53. The summed E-state index contributed by atoms with van der Waals surface area (Å²) in [6, 6.07) is 8.96. The Bertz CT molecular complexity index is 436. The lowest BCUT2D eigenvalue weighted by molar-refractivity contribution is -0.162. The Morgan fingerprint density at radius 2 is 1.89 bits per heavy atom. The Kier molecular flexibility index (Phi) is 5.47. The predicted octanol–water partition coefficient (Wildman–Crippen LogP) is 0.251. The molecule has 104 valence electrons. The second kappa shape index (κ2) is 6.86. The molecule has 6 heteroatoms. The summed E-state index contributed by atoms with van der Waals surface area (Å²) in [6.45, 7) is 0.257. The van der Waals surface area contributed by atoms with Crippen LogP contribution >= 0.6 is 0 Å². The quantitative estimate of drug-likeness (QED) is 0.481. The first-order valence-corrected chi connectivity index (χ1v) is 5.94. The predicted molar refractivity (Wildman–Crippen MR) is 69.1 cm³/mol. The molecule has 6 nitrogen and oxygen atoms in total. The SMILES string of the molecule is NCCC[C@@](N)(C(=O)O)C(=O)OCc1ccccc1. The average molecular weight is 266 g/mol. The highest BCUT2D eigenvalue weighted by molar-refractivity contribution is 6.03. The number of hydrogen-bond acceptors (Lipinski definition) is 5. The minimum atomic E-state index is -2.03. The van der Waals surface area contributed by atoms with Gasteiger partial charge in [0, 0.05) is 0 Å². The van der Waals surface area contributed by atoms with Crippen molar-refractivity contribution in [2.45, 2.75) is 25.0 Å². The molecule has 19 heavy (non-hydrogen) atoms. The maximum absolute atomic E-state index is 11.8. The lowest BCUT2D eigenvalue weighted by Crippen LogP contribution is -2.55. The van der Waals surface area contributed by atoms with Crippen molar-refractivity contribution in [3.63, 3.8) is 0 Å². The van der Waals surface area contributed by atoms with E-state index in [1.165, 1.54) is 0 Å². The number of carbonyl (C=O) groups excluding carboxylic acids is 1. The Balaban J connectivity index is 2.65. The smallest absolute Gasteiger partial charge is 0.338 e. The van der Waals surface area contributed by atoms with Crippen LogP contribution in [0.5, 0.6) is 0 Å². The first-order valence-electron chi connectivity index (χ1n) is 5.94. The van der Waals surface area contributed by atoms with Crippen LogP contribution in [0.15, 0.2) is 30.3 Å². The molecule has 5 N–H and O–H groups in total. The van der Waals surface area contributed by atoms with Crippen molar-refractivity contribution in [3.8, 4) is 0 Å². The zero-order chi connectivity index (χ0) is 14.3. The molecule has 1 atom stereocenters. The Hall–Kier alpha value is -1.92. The third-order valence-electron chi connectivity index (χ3n) is 2.73. The molecule has 0 bridgehead atoms. The molecule has 0 saturated carbocycles. The Morgan fingerprint density at radius 1 is 1.26 bits per heavy atom. The molecule has 0 fully saturated rings. The molecule has 0 radical (unpaired) electrons. The number of rotatable bonds is 7. The van der Waals surface area contributed by atoms with Gasteiger partial charge in [-0.3, -0.25) is 0 Å². The van der Waals surface area contributed by atoms with E-state index in [1.807, 2.05) is 6.07 Å². The highest BCUT2D eigenvalue weighted by atomic mass is 16.5. The van der Waals surface area contributed by atoms with E-state index in [-0.39, 0.29) is 19.6 Å². The molecular weight excluding hydrogens is 248 g/mol. The van der Waals surface area contributed by atoms with Gasteiger partial charge in [-0.05, 0) is 24.9 Å². The zero-order valence-corrected chi connectivity index (χ0v) is 10.5. The highest BCUT2D eigenvalue weighted by Crippen LogP contribution is 2.14. The van der Waals surface area contributed by atoms with Gasteiger partial charge < -0.3 is 21.3 Å². The van der Waals surface area contributed by atoms with Crippen LogP contribution in [0.3, 0.4) is 0 Å². The summed E-state index contributed by atoms with van der Waals surface area (Å²) in [5, 5.41) is 9.06. The number of ether oxygens (including phenoxy) is 1. The minimum absolute atomic E-state index is 0.00543. The van der Waals surface area contributed by atoms with Crippen LogP contribution in [0.4, 0.5) is 0 Å². The molecule has 0 amide bonds. The van der Waals surface area contributed by atoms with Crippen molar-refractivity contribution in [3.05, 3.63) is 35.9 Å². The van der Waals surface area contributed by atoms with Crippen molar-refractivity contribution in [1.29, 1.82) is 0 Å². The normalized spacial score (nSPS) is 13.6. The number of benzene rings is 1. The first kappa shape index (κ1) is 15.1. The fraction of sp³-hybridized carbons (Fsp3) is 0.385. The van der Waals surface area contributed by atoms with Gasteiger partial charge >= 0.3 is 11.9 Å². The van der Waals surface area contributed by atoms with Crippen molar-refractivity contribution in [2.75, 3.05) is 6.54 Å². The molecule has 1 rings (SSSR count). The van der Waals surface area contributed by atoms with Gasteiger partial charge in [-0.1, -0.05) is 30.3 Å². The van der Waals surface area contributed by atoms with Gasteiger partial charge in [-0.15, -0.1) is 0 Å². The molecular formula is C13H18N2O4. The molecule has 0 heterocycles. The summed E-state index contributed by atoms with van der Waals surface area (Å²) in [6.07, 6.45) is 0.287. The largest absolute Gasteiger partial charge is 0.479 e. The number of carboxylic acid groups (broad SMARTS) is 1. The lowest BCUT2D eigenvalue weighted by atomic mass is 9.95. The van der Waals surface area contributed by atoms with Crippen LogP contribution in [-0.4, -0.2) is 29.1 Å². The number of esters is 1. The summed E-state index contributed by atoms with van der Waals surface area (Å²) < 4.78 is 4.97. The Labute approximate surface area is 111 Å². The van der Waals surface area contributed by atoms with Crippen molar-refractivity contribution < 1.29 is 19.4 Å². The molecule has 0 saturated heterocycles. The second-order valence-corrected chi connectivity index (χ2v) is 4.23. The lowest BCUT2D eigenvalue weighted by Gasteiger charge is -2.22. The van der Waals surface area contributed by atoms with Gasteiger partial charge in [-0.25, -0.2) is 9.59 Å². The van der Waals surface area contributed by atoms with E-state index in [1.54, 1.807) is 24.3 Å². The minimum Gasteiger partial charge on any atom is -0.479 e. The van der Waals surface area contributed by atoms with E-state index >= 15 is 0 Å². The van der Waals surface area contributed by atoms with Crippen LogP contribution in [0.1, 0.15) is 18.4 Å². The van der Waals surface area contributed by atoms with Crippen LogP contribution < -0.4 is 11.5 Å². The third kappa shape index (κ3) is 4.04. The van der Waals surface area contributed by atoms with Crippen molar-refractivity contribution >= 4 is 11.9 Å². The number of carboxylic acids is 1. The maximum atomic E-state index is 11.8. The molecule has 0 aliphatic heterocycles. The topological polar surface area (TPSA) is 116 Å². The van der Waals surface area contributed by atoms with E-state index in [9.17, 15) is 9.59 Å². The van der Waals surface area contributed by atoms with Gasteiger partial charge in [0.1, 0.15) is 6.61 Å². The number of hydrogen-bond donors (Lipinski definition) is 3. The van der Waals surface area contributed by atoms with Crippen LogP contribution in [0.2, 0.25) is 0 Å². The monoisotopic (exact) mass is 266 g/mol. The number of carbonyl (C=O) groups is 2. The van der Waals surface area contributed by atoms with Gasteiger partial charge in [0.2, 0.25) is 5.54 Å². The molecule has 0 aromatic heterocycles. The van der Waals surface area contributed by atoms with E-state index in [0.717, 1.165) is 5.56 Å². The highest BCUT2D eigenvalue weighted by Gasteiger charge is 2.43. The van der Waals surface area contributed by atoms with Crippen LogP contribution in [0, 0.1) is 0 Å². The first-order chi connectivity index (χ1) is 9.00. The summed E-state index contributed by atoms with van der Waals surface area (Å²) in [5.41, 5.74) is 9.64. The van der Waals surface area contributed by atoms with E-state index in [0.29, 0.717) is 6.42 Å². The number of nitrogens with two attached hydrogens (primary N) is 2. The van der Waals surface area contributed by atoms with E-state index in [2.05, 4.69) is 0 Å². The molecule has 0 spiro atoms. The van der Waals surface area contributed by atoms with Crippen LogP contribution in [-0.2, 0) is 20.9 Å². The van der Waals surface area contributed by atoms with Gasteiger partial charge in [-0.2, -0.15) is 0 Å². The standard InChI is InChI=1S/C13H18N2O4/c14-8-4-7-13(15,11(16)17)12(18)19-9-10-5-2-1-3-6-10/h1-3,5-6H,4,7-9,14-15H2,(H,16,17)/t13-/m1/s1. The molecule has 0 unspecified atom stereocenters. The third-order valence-corrected chi connectivity index (χ3v) is 2.73. The molecule has 0 aliphatic rings. The van der Waals surface area contributed by atoms with Crippen molar-refractivity contribution in [1.82, 2.24) is 0 Å². The number of aliphatic carboxylic acids is 1. The maximum Gasteiger partial charge on any atom is 0.338 e. The van der Waals surface area contributed by atoms with Gasteiger partial charge in [0.15, 0.2) is 0 Å². The van der Waals surface area contributed by atoms with Crippen LogP contribution in [0.25, 0.3) is 0 Å². The zero-order valence-electron chi connectivity index (χ0n) is 10.5. The van der Waals surface area contributed by atoms with Gasteiger partial charge in [0.05, 0.1) is 0 Å². The molecule has 1 aromatic carbocycles. The Morgan fingerprint density at radius 3 is 2.42 bits per heavy atom. The summed E-state index contributed by atoms with van der Waals surface area (Å²) >= 11 is 0. The summed E-state index contributed by atoms with van der Waals surface area (Å²) in [4.78, 5) is 22.9. The average Bonchev–Trinajstić information content (AvgIpc) is 2.42. The van der Waals surface area contributed by atoms with Crippen molar-refractivity contribution in [2.24, 2.45) is 11.5 Å². The second-order valence-electron chi connectivity index (χ2n) is 4.23. The molecule has 0 aliphatic carbocycles. The van der Waals surface area contributed by atoms with E-state index in [4.69, 9.17) is 21.3 Å². The molecule has 1 aromatic rings. The van der Waals surface area contributed by atoms with Gasteiger partial charge in [0.25, 0.3) is 0 Å².